The van der Waals surface area contributed by atoms with E-state index >= 15 is 0 Å². The molecule has 2 heterocycles. The van der Waals surface area contributed by atoms with Gasteiger partial charge in [0.05, 0.1) is 18.2 Å². The van der Waals surface area contributed by atoms with Gasteiger partial charge in [-0.2, -0.15) is 13.2 Å². The van der Waals surface area contributed by atoms with E-state index in [1.165, 1.54) is 13.0 Å². The summed E-state index contributed by atoms with van der Waals surface area (Å²) < 4.78 is 44.8. The number of fused-ring (bicyclic) bond motifs is 1. The molecule has 0 saturated heterocycles. The zero-order chi connectivity index (χ0) is 18.2. The Hall–Kier alpha value is -2.44. The standard InChI is InChI=1S/C18H19F3N2O2/c1-11-9-14(12(2)23(11)10-18(19,20)21)17(24)22-15-7-8-25-16-6-4-3-5-13(15)16/h3-6,9,15H,7-8,10H2,1-2H3,(H,22,24)/t15-/m1/s1. The Morgan fingerprint density at radius 2 is 2.04 bits per heavy atom. The number of aromatic nitrogens is 1. The quantitative estimate of drug-likeness (QED) is 0.910. The van der Waals surface area contributed by atoms with Crippen LogP contribution in [0.2, 0.25) is 0 Å². The number of halogens is 3. The summed E-state index contributed by atoms with van der Waals surface area (Å²) in [6.45, 7) is 2.48. The molecule has 1 aromatic carbocycles. The first-order chi connectivity index (χ1) is 11.8. The fourth-order valence-corrected chi connectivity index (χ4v) is 3.18. The van der Waals surface area contributed by atoms with Crippen LogP contribution in [0.3, 0.4) is 0 Å². The van der Waals surface area contributed by atoms with Crippen molar-refractivity contribution in [2.45, 2.75) is 39.0 Å². The Morgan fingerprint density at radius 1 is 1.32 bits per heavy atom. The average Bonchev–Trinajstić information content (AvgIpc) is 2.82. The minimum absolute atomic E-state index is 0.219. The van der Waals surface area contributed by atoms with Gasteiger partial charge in [0.1, 0.15) is 12.3 Å². The summed E-state index contributed by atoms with van der Waals surface area (Å²) in [7, 11) is 0. The van der Waals surface area contributed by atoms with E-state index in [4.69, 9.17) is 4.74 Å². The summed E-state index contributed by atoms with van der Waals surface area (Å²) in [5.41, 5.74) is 1.87. The zero-order valence-corrected chi connectivity index (χ0v) is 14.0. The molecule has 1 aliphatic rings. The molecule has 0 aliphatic carbocycles. The second-order valence-electron chi connectivity index (χ2n) is 6.19. The van der Waals surface area contributed by atoms with Crippen LogP contribution >= 0.6 is 0 Å². The van der Waals surface area contributed by atoms with E-state index in [2.05, 4.69) is 5.32 Å². The van der Waals surface area contributed by atoms with Gasteiger partial charge in [-0.05, 0) is 26.0 Å². The molecule has 0 radical (unpaired) electrons. The summed E-state index contributed by atoms with van der Waals surface area (Å²) in [6.07, 6.45) is -3.72. The van der Waals surface area contributed by atoms with E-state index in [9.17, 15) is 18.0 Å². The highest BCUT2D eigenvalue weighted by Crippen LogP contribution is 2.32. The number of nitrogens with one attached hydrogen (secondary N) is 1. The molecule has 0 unspecified atom stereocenters. The number of rotatable bonds is 3. The maximum absolute atomic E-state index is 12.7. The third-order valence-corrected chi connectivity index (χ3v) is 4.42. The number of hydrogen-bond donors (Lipinski definition) is 1. The topological polar surface area (TPSA) is 43.3 Å². The molecule has 1 N–H and O–H groups in total. The summed E-state index contributed by atoms with van der Waals surface area (Å²) in [4.78, 5) is 12.6. The van der Waals surface area contributed by atoms with Crippen molar-refractivity contribution in [3.05, 3.63) is 52.8 Å². The number of benzene rings is 1. The Balaban J connectivity index is 1.82. The number of para-hydroxylation sites is 1. The summed E-state index contributed by atoms with van der Waals surface area (Å²) in [5.74, 6) is 0.352. The molecule has 0 spiro atoms. The van der Waals surface area contributed by atoms with Gasteiger partial charge in [0.2, 0.25) is 0 Å². The molecule has 2 aromatic rings. The lowest BCUT2D eigenvalue weighted by molar-refractivity contribution is -0.141. The number of ether oxygens (including phenoxy) is 1. The average molecular weight is 352 g/mol. The lowest BCUT2D eigenvalue weighted by atomic mass is 10.00. The van der Waals surface area contributed by atoms with Crippen molar-refractivity contribution in [1.82, 2.24) is 9.88 Å². The van der Waals surface area contributed by atoms with Crippen LogP contribution in [-0.4, -0.2) is 23.3 Å². The first-order valence-corrected chi connectivity index (χ1v) is 8.02. The monoisotopic (exact) mass is 352 g/mol. The number of carbonyl (C=O) groups is 1. The lowest BCUT2D eigenvalue weighted by Crippen LogP contribution is -2.32. The highest BCUT2D eigenvalue weighted by molar-refractivity contribution is 5.96. The van der Waals surface area contributed by atoms with Crippen LogP contribution in [0.15, 0.2) is 30.3 Å². The van der Waals surface area contributed by atoms with Crippen molar-refractivity contribution in [2.24, 2.45) is 0 Å². The lowest BCUT2D eigenvalue weighted by Gasteiger charge is -2.26. The third-order valence-electron chi connectivity index (χ3n) is 4.42. The van der Waals surface area contributed by atoms with Crippen LogP contribution in [0.1, 0.15) is 39.8 Å². The molecule has 3 rings (SSSR count). The predicted octanol–water partition coefficient (Wildman–Crippen LogP) is 3.92. The second kappa shape index (κ2) is 6.46. The minimum atomic E-state index is -4.33. The fraction of sp³-hybridized carbons (Fsp3) is 0.389. The summed E-state index contributed by atoms with van der Waals surface area (Å²) in [6, 6.07) is 8.72. The van der Waals surface area contributed by atoms with Crippen LogP contribution in [-0.2, 0) is 6.54 Å². The van der Waals surface area contributed by atoms with Gasteiger partial charge in [0.15, 0.2) is 0 Å². The van der Waals surface area contributed by atoms with E-state index in [0.717, 1.165) is 15.9 Å². The molecule has 0 bridgehead atoms. The van der Waals surface area contributed by atoms with Gasteiger partial charge in [0.25, 0.3) is 5.91 Å². The van der Waals surface area contributed by atoms with Crippen molar-refractivity contribution in [2.75, 3.05) is 6.61 Å². The van der Waals surface area contributed by atoms with E-state index in [-0.39, 0.29) is 17.5 Å². The minimum Gasteiger partial charge on any atom is -0.493 e. The number of alkyl halides is 3. The largest absolute Gasteiger partial charge is 0.493 e. The number of aryl methyl sites for hydroxylation is 1. The van der Waals surface area contributed by atoms with Crippen LogP contribution in [0.25, 0.3) is 0 Å². The van der Waals surface area contributed by atoms with Crippen molar-refractivity contribution in [3.8, 4) is 5.75 Å². The van der Waals surface area contributed by atoms with Crippen LogP contribution in [0.4, 0.5) is 13.2 Å². The Morgan fingerprint density at radius 3 is 2.76 bits per heavy atom. The number of nitrogens with zero attached hydrogens (tertiary/aromatic N) is 1. The highest BCUT2D eigenvalue weighted by atomic mass is 19.4. The first-order valence-electron chi connectivity index (χ1n) is 8.02. The molecule has 1 aromatic heterocycles. The smallest absolute Gasteiger partial charge is 0.406 e. The van der Waals surface area contributed by atoms with Gasteiger partial charge < -0.3 is 14.6 Å². The van der Waals surface area contributed by atoms with E-state index in [0.29, 0.717) is 24.4 Å². The zero-order valence-electron chi connectivity index (χ0n) is 14.0. The van der Waals surface area contributed by atoms with Gasteiger partial charge in [-0.1, -0.05) is 18.2 Å². The first kappa shape index (κ1) is 17.4. The molecular formula is C18H19F3N2O2. The van der Waals surface area contributed by atoms with Crippen molar-refractivity contribution in [1.29, 1.82) is 0 Å². The molecule has 7 heteroatoms. The van der Waals surface area contributed by atoms with Crippen LogP contribution < -0.4 is 10.1 Å². The molecule has 25 heavy (non-hydrogen) atoms. The van der Waals surface area contributed by atoms with E-state index < -0.39 is 12.7 Å². The Kier molecular flexibility index (Phi) is 4.49. The van der Waals surface area contributed by atoms with E-state index in [1.54, 1.807) is 6.92 Å². The highest BCUT2D eigenvalue weighted by Gasteiger charge is 2.31. The molecule has 4 nitrogen and oxygen atoms in total. The van der Waals surface area contributed by atoms with Crippen LogP contribution in [0.5, 0.6) is 5.75 Å². The second-order valence-corrected chi connectivity index (χ2v) is 6.19. The summed E-state index contributed by atoms with van der Waals surface area (Å²) >= 11 is 0. The molecule has 134 valence electrons. The predicted molar refractivity (Wildman–Crippen MR) is 86.7 cm³/mol. The van der Waals surface area contributed by atoms with Gasteiger partial charge in [-0.3, -0.25) is 4.79 Å². The van der Waals surface area contributed by atoms with Crippen molar-refractivity contribution < 1.29 is 22.7 Å². The normalized spacial score (nSPS) is 16.9. The SMILES string of the molecule is Cc1cc(C(=O)N[C@@H]2CCOc3ccccc32)c(C)n1CC(F)(F)F. The molecule has 0 fully saturated rings. The maximum atomic E-state index is 12.7. The molecule has 1 atom stereocenters. The van der Waals surface area contributed by atoms with E-state index in [1.807, 2.05) is 24.3 Å². The number of amides is 1. The van der Waals surface area contributed by atoms with Crippen molar-refractivity contribution >= 4 is 5.91 Å². The van der Waals surface area contributed by atoms with Gasteiger partial charge >= 0.3 is 6.18 Å². The molecule has 1 amide bonds. The van der Waals surface area contributed by atoms with Crippen LogP contribution in [0, 0.1) is 13.8 Å². The van der Waals surface area contributed by atoms with Gasteiger partial charge in [-0.15, -0.1) is 0 Å². The summed E-state index contributed by atoms with van der Waals surface area (Å²) in [5, 5.41) is 2.92. The van der Waals surface area contributed by atoms with Gasteiger partial charge in [-0.25, -0.2) is 0 Å². The van der Waals surface area contributed by atoms with Gasteiger partial charge in [0, 0.05) is 23.4 Å². The third kappa shape index (κ3) is 3.65. The Labute approximate surface area is 143 Å². The van der Waals surface area contributed by atoms with Crippen molar-refractivity contribution in [3.63, 3.8) is 0 Å². The molecule has 1 aliphatic heterocycles. The fourth-order valence-electron chi connectivity index (χ4n) is 3.18. The number of carbonyl (C=O) groups excluding carboxylic acids is 1. The molecular weight excluding hydrogens is 333 g/mol. The number of hydrogen-bond acceptors (Lipinski definition) is 2. The maximum Gasteiger partial charge on any atom is 0.406 e. The molecule has 0 saturated carbocycles. The Bertz CT molecular complexity index is 796.